The lowest BCUT2D eigenvalue weighted by Gasteiger charge is -2.09. The standard InChI is InChI=1S/C13H17N3O4/c1-3-14-11(17)7-15-13(20)16-9-4-5-10(12(18)19)8(2)6-9/h4-6H,3,7H2,1-2H3,(H,14,17)(H,18,19)(H2,15,16,20). The number of nitrogens with one attached hydrogen (secondary N) is 3. The van der Waals surface area contributed by atoms with Gasteiger partial charge in [-0.2, -0.15) is 0 Å². The number of carbonyl (C=O) groups is 3. The van der Waals surface area contributed by atoms with E-state index in [0.29, 0.717) is 17.8 Å². The molecule has 0 spiro atoms. The fourth-order valence-electron chi connectivity index (χ4n) is 1.58. The highest BCUT2D eigenvalue weighted by atomic mass is 16.4. The molecule has 0 bridgehead atoms. The van der Waals surface area contributed by atoms with Crippen molar-refractivity contribution in [3.05, 3.63) is 29.3 Å². The van der Waals surface area contributed by atoms with Crippen molar-refractivity contribution in [2.24, 2.45) is 0 Å². The topological polar surface area (TPSA) is 108 Å². The summed E-state index contributed by atoms with van der Waals surface area (Å²) >= 11 is 0. The summed E-state index contributed by atoms with van der Waals surface area (Å²) in [7, 11) is 0. The first-order chi connectivity index (χ1) is 9.43. The molecule has 20 heavy (non-hydrogen) atoms. The van der Waals surface area contributed by atoms with Gasteiger partial charge in [0.2, 0.25) is 5.91 Å². The molecular formula is C13H17N3O4. The molecule has 1 rings (SSSR count). The maximum atomic E-state index is 11.5. The van der Waals surface area contributed by atoms with Crippen LogP contribution >= 0.6 is 0 Å². The number of urea groups is 1. The van der Waals surface area contributed by atoms with E-state index < -0.39 is 12.0 Å². The SMILES string of the molecule is CCNC(=O)CNC(=O)Nc1ccc(C(=O)O)c(C)c1. The molecule has 0 aliphatic heterocycles. The molecule has 3 amide bonds. The van der Waals surface area contributed by atoms with Crippen molar-refractivity contribution in [2.75, 3.05) is 18.4 Å². The summed E-state index contributed by atoms with van der Waals surface area (Å²) in [6.07, 6.45) is 0. The molecule has 1 aromatic carbocycles. The Hall–Kier alpha value is -2.57. The number of aryl methyl sites for hydroxylation is 1. The van der Waals surface area contributed by atoms with Gasteiger partial charge in [-0.1, -0.05) is 0 Å². The number of benzene rings is 1. The van der Waals surface area contributed by atoms with Crippen LogP contribution in [0.2, 0.25) is 0 Å². The van der Waals surface area contributed by atoms with Gasteiger partial charge in [-0.3, -0.25) is 4.79 Å². The van der Waals surface area contributed by atoms with Gasteiger partial charge >= 0.3 is 12.0 Å². The van der Waals surface area contributed by atoms with Crippen LogP contribution in [0, 0.1) is 6.92 Å². The van der Waals surface area contributed by atoms with Gasteiger partial charge in [0.05, 0.1) is 12.1 Å². The van der Waals surface area contributed by atoms with Gasteiger partial charge in [-0.15, -0.1) is 0 Å². The quantitative estimate of drug-likeness (QED) is 0.643. The van der Waals surface area contributed by atoms with Crippen molar-refractivity contribution in [3.8, 4) is 0 Å². The zero-order valence-electron chi connectivity index (χ0n) is 11.3. The summed E-state index contributed by atoms with van der Waals surface area (Å²) in [5.41, 5.74) is 1.18. The molecule has 1 aromatic rings. The van der Waals surface area contributed by atoms with E-state index in [9.17, 15) is 14.4 Å². The minimum absolute atomic E-state index is 0.119. The van der Waals surface area contributed by atoms with E-state index in [1.54, 1.807) is 19.9 Å². The number of amides is 3. The van der Waals surface area contributed by atoms with Gasteiger partial charge < -0.3 is 21.1 Å². The molecule has 108 valence electrons. The predicted octanol–water partition coefficient (Wildman–Crippen LogP) is 0.951. The average molecular weight is 279 g/mol. The van der Waals surface area contributed by atoms with Gasteiger partial charge in [-0.05, 0) is 37.6 Å². The van der Waals surface area contributed by atoms with Crippen LogP contribution < -0.4 is 16.0 Å². The van der Waals surface area contributed by atoms with E-state index in [-0.39, 0.29) is 18.0 Å². The van der Waals surface area contributed by atoms with E-state index in [1.807, 2.05) is 0 Å². The van der Waals surface area contributed by atoms with Crippen molar-refractivity contribution in [1.82, 2.24) is 10.6 Å². The molecule has 0 radical (unpaired) electrons. The van der Waals surface area contributed by atoms with Crippen molar-refractivity contribution in [3.63, 3.8) is 0 Å². The fraction of sp³-hybridized carbons (Fsp3) is 0.308. The third kappa shape index (κ3) is 4.60. The minimum atomic E-state index is -1.02. The van der Waals surface area contributed by atoms with Crippen LogP contribution in [0.1, 0.15) is 22.8 Å². The van der Waals surface area contributed by atoms with Crippen LogP contribution in [-0.2, 0) is 4.79 Å². The zero-order valence-corrected chi connectivity index (χ0v) is 11.3. The van der Waals surface area contributed by atoms with Crippen LogP contribution in [0.4, 0.5) is 10.5 Å². The first kappa shape index (κ1) is 15.5. The fourth-order valence-corrected chi connectivity index (χ4v) is 1.58. The molecule has 0 heterocycles. The molecular weight excluding hydrogens is 262 g/mol. The highest BCUT2D eigenvalue weighted by Crippen LogP contribution is 2.15. The summed E-state index contributed by atoms with van der Waals surface area (Å²) in [5, 5.41) is 16.4. The monoisotopic (exact) mass is 279 g/mol. The van der Waals surface area contributed by atoms with Crippen LogP contribution in [0.15, 0.2) is 18.2 Å². The number of aromatic carboxylic acids is 1. The number of hydrogen-bond acceptors (Lipinski definition) is 3. The van der Waals surface area contributed by atoms with Crippen molar-refractivity contribution in [1.29, 1.82) is 0 Å². The lowest BCUT2D eigenvalue weighted by atomic mass is 10.1. The van der Waals surface area contributed by atoms with E-state index in [2.05, 4.69) is 16.0 Å². The average Bonchev–Trinajstić information content (AvgIpc) is 2.36. The first-order valence-electron chi connectivity index (χ1n) is 6.09. The Kier molecular flexibility index (Phi) is 5.52. The number of anilines is 1. The number of likely N-dealkylation sites (N-methyl/N-ethyl adjacent to an activating group) is 1. The number of carbonyl (C=O) groups excluding carboxylic acids is 2. The Labute approximate surface area is 116 Å². The van der Waals surface area contributed by atoms with E-state index >= 15 is 0 Å². The summed E-state index contributed by atoms with van der Waals surface area (Å²) in [5.74, 6) is -1.30. The molecule has 0 aliphatic rings. The minimum Gasteiger partial charge on any atom is -0.478 e. The summed E-state index contributed by atoms with van der Waals surface area (Å²) in [6.45, 7) is 3.80. The number of hydrogen-bond donors (Lipinski definition) is 4. The van der Waals surface area contributed by atoms with Gasteiger partial charge in [0.15, 0.2) is 0 Å². The second-order valence-electron chi connectivity index (χ2n) is 4.10. The third-order valence-corrected chi connectivity index (χ3v) is 2.50. The van der Waals surface area contributed by atoms with Crippen LogP contribution in [0.3, 0.4) is 0 Å². The predicted molar refractivity (Wildman–Crippen MR) is 73.8 cm³/mol. The maximum absolute atomic E-state index is 11.5. The normalized spacial score (nSPS) is 9.70. The molecule has 0 saturated carbocycles. The van der Waals surface area contributed by atoms with Gasteiger partial charge in [-0.25, -0.2) is 9.59 Å². The van der Waals surface area contributed by atoms with Crippen molar-refractivity contribution < 1.29 is 19.5 Å². The number of carboxylic acid groups (broad SMARTS) is 1. The zero-order chi connectivity index (χ0) is 15.1. The number of rotatable bonds is 5. The Morgan fingerprint density at radius 2 is 1.90 bits per heavy atom. The smallest absolute Gasteiger partial charge is 0.335 e. The molecule has 0 aromatic heterocycles. The number of carboxylic acids is 1. The van der Waals surface area contributed by atoms with E-state index in [0.717, 1.165) is 0 Å². The Morgan fingerprint density at radius 3 is 2.45 bits per heavy atom. The lowest BCUT2D eigenvalue weighted by Crippen LogP contribution is -2.38. The maximum Gasteiger partial charge on any atom is 0.335 e. The molecule has 0 unspecified atom stereocenters. The molecule has 0 saturated heterocycles. The summed E-state index contributed by atoms with van der Waals surface area (Å²) in [6, 6.07) is 3.92. The molecule has 0 aliphatic carbocycles. The summed E-state index contributed by atoms with van der Waals surface area (Å²) in [4.78, 5) is 33.5. The Bertz CT molecular complexity index is 528. The third-order valence-electron chi connectivity index (χ3n) is 2.50. The van der Waals surface area contributed by atoms with Crippen LogP contribution in [0.25, 0.3) is 0 Å². The van der Waals surface area contributed by atoms with Crippen LogP contribution in [0.5, 0.6) is 0 Å². The highest BCUT2D eigenvalue weighted by molar-refractivity contribution is 5.94. The van der Waals surface area contributed by atoms with Crippen LogP contribution in [-0.4, -0.2) is 36.1 Å². The Morgan fingerprint density at radius 1 is 1.20 bits per heavy atom. The van der Waals surface area contributed by atoms with Gasteiger partial charge in [0.25, 0.3) is 0 Å². The molecule has 0 fully saturated rings. The van der Waals surface area contributed by atoms with Gasteiger partial charge in [0.1, 0.15) is 0 Å². The molecule has 0 atom stereocenters. The first-order valence-corrected chi connectivity index (χ1v) is 6.09. The van der Waals surface area contributed by atoms with Gasteiger partial charge in [0, 0.05) is 12.2 Å². The second kappa shape index (κ2) is 7.13. The van der Waals surface area contributed by atoms with Crippen molar-refractivity contribution in [2.45, 2.75) is 13.8 Å². The summed E-state index contributed by atoms with van der Waals surface area (Å²) < 4.78 is 0. The molecule has 7 nitrogen and oxygen atoms in total. The molecule has 4 N–H and O–H groups in total. The molecule has 7 heteroatoms. The Balaban J connectivity index is 2.56. The van der Waals surface area contributed by atoms with Crippen molar-refractivity contribution >= 4 is 23.6 Å². The van der Waals surface area contributed by atoms with E-state index in [4.69, 9.17) is 5.11 Å². The van der Waals surface area contributed by atoms with E-state index in [1.165, 1.54) is 12.1 Å². The highest BCUT2D eigenvalue weighted by Gasteiger charge is 2.09. The lowest BCUT2D eigenvalue weighted by molar-refractivity contribution is -0.119. The second-order valence-corrected chi connectivity index (χ2v) is 4.10. The largest absolute Gasteiger partial charge is 0.478 e.